The van der Waals surface area contributed by atoms with Crippen molar-refractivity contribution in [1.29, 1.82) is 0 Å². The van der Waals surface area contributed by atoms with Crippen LogP contribution in [0.4, 0.5) is 5.13 Å². The van der Waals surface area contributed by atoms with Crippen LogP contribution < -0.4 is 10.2 Å². The van der Waals surface area contributed by atoms with Crippen molar-refractivity contribution < 1.29 is 0 Å². The van der Waals surface area contributed by atoms with Gasteiger partial charge in [0.05, 0.1) is 5.69 Å². The molecular formula is C14H26N4S. The highest BCUT2D eigenvalue weighted by Gasteiger charge is 2.18. The van der Waals surface area contributed by atoms with Crippen molar-refractivity contribution in [3.05, 3.63) is 10.6 Å². The van der Waals surface area contributed by atoms with Gasteiger partial charge in [-0.05, 0) is 26.9 Å². The Labute approximate surface area is 120 Å². The number of aryl methyl sites for hydroxylation is 1. The monoisotopic (exact) mass is 282 g/mol. The van der Waals surface area contributed by atoms with Crippen LogP contribution in [-0.2, 0) is 6.54 Å². The molecule has 5 heteroatoms. The van der Waals surface area contributed by atoms with E-state index in [0.717, 1.165) is 39.3 Å². The highest BCUT2D eigenvalue weighted by atomic mass is 32.1. The normalized spacial score (nSPS) is 17.1. The van der Waals surface area contributed by atoms with Gasteiger partial charge in [-0.15, -0.1) is 11.3 Å². The number of unbranched alkanes of at least 4 members (excludes halogenated alkanes) is 1. The third-order valence-electron chi connectivity index (χ3n) is 3.65. The molecule has 1 aromatic heterocycles. The van der Waals surface area contributed by atoms with Crippen molar-refractivity contribution in [3.8, 4) is 0 Å². The zero-order valence-corrected chi connectivity index (χ0v) is 13.2. The van der Waals surface area contributed by atoms with Crippen LogP contribution in [0.2, 0.25) is 0 Å². The Morgan fingerprint density at radius 2 is 2.00 bits per heavy atom. The SMILES string of the molecule is CCCCNCc1sc(N2CCN(C)CC2)nc1C. The minimum absolute atomic E-state index is 0.969. The van der Waals surface area contributed by atoms with Crippen molar-refractivity contribution in [1.82, 2.24) is 15.2 Å². The molecule has 19 heavy (non-hydrogen) atoms. The van der Waals surface area contributed by atoms with E-state index in [2.05, 4.69) is 36.0 Å². The number of nitrogens with zero attached hydrogens (tertiary/aromatic N) is 3. The minimum atomic E-state index is 0.969. The van der Waals surface area contributed by atoms with Crippen LogP contribution in [0.1, 0.15) is 30.3 Å². The molecule has 0 radical (unpaired) electrons. The van der Waals surface area contributed by atoms with Crippen LogP contribution in [0.25, 0.3) is 0 Å². The number of nitrogens with one attached hydrogen (secondary N) is 1. The molecule has 0 spiro atoms. The van der Waals surface area contributed by atoms with E-state index in [1.807, 2.05) is 11.3 Å². The van der Waals surface area contributed by atoms with E-state index in [1.54, 1.807) is 0 Å². The van der Waals surface area contributed by atoms with Gasteiger partial charge in [-0.3, -0.25) is 0 Å². The second-order valence-electron chi connectivity index (χ2n) is 5.33. The third-order valence-corrected chi connectivity index (χ3v) is 4.87. The maximum Gasteiger partial charge on any atom is 0.185 e. The summed E-state index contributed by atoms with van der Waals surface area (Å²) in [6.45, 7) is 10.9. The molecule has 1 N–H and O–H groups in total. The first-order chi connectivity index (χ1) is 9.20. The summed E-state index contributed by atoms with van der Waals surface area (Å²) in [6.07, 6.45) is 2.50. The average molecular weight is 282 g/mol. The molecule has 1 saturated heterocycles. The number of piperazine rings is 1. The van der Waals surface area contributed by atoms with Gasteiger partial charge in [-0.2, -0.15) is 0 Å². The fraction of sp³-hybridized carbons (Fsp3) is 0.786. The van der Waals surface area contributed by atoms with Crippen molar-refractivity contribution in [2.45, 2.75) is 33.2 Å². The summed E-state index contributed by atoms with van der Waals surface area (Å²) >= 11 is 1.86. The van der Waals surface area contributed by atoms with E-state index < -0.39 is 0 Å². The molecule has 1 aliphatic heterocycles. The van der Waals surface area contributed by atoms with Crippen molar-refractivity contribution in [3.63, 3.8) is 0 Å². The van der Waals surface area contributed by atoms with Gasteiger partial charge in [0.1, 0.15) is 0 Å². The van der Waals surface area contributed by atoms with Gasteiger partial charge in [0.15, 0.2) is 5.13 Å². The predicted octanol–water partition coefficient (Wildman–Crippen LogP) is 2.09. The highest BCUT2D eigenvalue weighted by Crippen LogP contribution is 2.26. The van der Waals surface area contributed by atoms with Gasteiger partial charge in [0.25, 0.3) is 0 Å². The molecule has 0 atom stereocenters. The van der Waals surface area contributed by atoms with Crippen LogP contribution in [0.15, 0.2) is 0 Å². The van der Waals surface area contributed by atoms with Crippen molar-refractivity contribution in [2.24, 2.45) is 0 Å². The van der Waals surface area contributed by atoms with Crippen LogP contribution in [0.3, 0.4) is 0 Å². The van der Waals surface area contributed by atoms with E-state index in [4.69, 9.17) is 4.98 Å². The maximum absolute atomic E-state index is 4.74. The van der Waals surface area contributed by atoms with E-state index >= 15 is 0 Å². The van der Waals surface area contributed by atoms with Gasteiger partial charge in [-0.25, -0.2) is 4.98 Å². The molecule has 0 aliphatic carbocycles. The molecule has 0 amide bonds. The minimum Gasteiger partial charge on any atom is -0.346 e. The summed E-state index contributed by atoms with van der Waals surface area (Å²) in [5, 5.41) is 4.72. The fourth-order valence-corrected chi connectivity index (χ4v) is 3.30. The first kappa shape index (κ1) is 14.8. The molecular weight excluding hydrogens is 256 g/mol. The number of thiazole rings is 1. The molecule has 2 rings (SSSR count). The molecule has 2 heterocycles. The highest BCUT2D eigenvalue weighted by molar-refractivity contribution is 7.15. The molecule has 1 fully saturated rings. The standard InChI is InChI=1S/C14H26N4S/c1-4-5-6-15-11-13-12(2)16-14(19-13)18-9-7-17(3)8-10-18/h15H,4-11H2,1-3H3. The molecule has 4 nitrogen and oxygen atoms in total. The Balaban J connectivity index is 1.89. The summed E-state index contributed by atoms with van der Waals surface area (Å²) in [7, 11) is 2.19. The Morgan fingerprint density at radius 3 is 2.68 bits per heavy atom. The quantitative estimate of drug-likeness (QED) is 0.810. The summed E-state index contributed by atoms with van der Waals surface area (Å²) in [6, 6.07) is 0. The van der Waals surface area contributed by atoms with Crippen molar-refractivity contribution >= 4 is 16.5 Å². The molecule has 1 aliphatic rings. The number of rotatable bonds is 6. The summed E-state index contributed by atoms with van der Waals surface area (Å²) in [5.74, 6) is 0. The fourth-order valence-electron chi connectivity index (χ4n) is 2.21. The predicted molar refractivity (Wildman–Crippen MR) is 83.2 cm³/mol. The zero-order chi connectivity index (χ0) is 13.7. The molecule has 1 aromatic rings. The smallest absolute Gasteiger partial charge is 0.185 e. The summed E-state index contributed by atoms with van der Waals surface area (Å²) < 4.78 is 0. The second-order valence-corrected chi connectivity index (χ2v) is 6.39. The van der Waals surface area contributed by atoms with Gasteiger partial charge in [-0.1, -0.05) is 13.3 Å². The van der Waals surface area contributed by atoms with E-state index in [1.165, 1.54) is 28.5 Å². The van der Waals surface area contributed by atoms with Crippen LogP contribution in [-0.4, -0.2) is 49.7 Å². The lowest BCUT2D eigenvalue weighted by atomic mass is 10.3. The Kier molecular flexibility index (Phi) is 5.60. The Hall–Kier alpha value is -0.650. The van der Waals surface area contributed by atoms with Gasteiger partial charge in [0.2, 0.25) is 0 Å². The molecule has 0 saturated carbocycles. The largest absolute Gasteiger partial charge is 0.346 e. The maximum atomic E-state index is 4.74. The first-order valence-electron chi connectivity index (χ1n) is 7.31. The summed E-state index contributed by atoms with van der Waals surface area (Å²) in [5.41, 5.74) is 1.20. The van der Waals surface area contributed by atoms with E-state index in [0.29, 0.717) is 0 Å². The van der Waals surface area contributed by atoms with Crippen LogP contribution in [0, 0.1) is 6.92 Å². The Bertz CT molecular complexity index is 383. The third kappa shape index (κ3) is 4.16. The van der Waals surface area contributed by atoms with E-state index in [9.17, 15) is 0 Å². The molecule has 0 bridgehead atoms. The van der Waals surface area contributed by atoms with Crippen molar-refractivity contribution in [2.75, 3.05) is 44.7 Å². The number of hydrogen-bond acceptors (Lipinski definition) is 5. The topological polar surface area (TPSA) is 31.4 Å². The average Bonchev–Trinajstić information content (AvgIpc) is 2.77. The number of likely N-dealkylation sites (N-methyl/N-ethyl adjacent to an activating group) is 1. The molecule has 0 unspecified atom stereocenters. The van der Waals surface area contributed by atoms with Gasteiger partial charge < -0.3 is 15.1 Å². The lowest BCUT2D eigenvalue weighted by Gasteiger charge is -2.32. The first-order valence-corrected chi connectivity index (χ1v) is 8.13. The second kappa shape index (κ2) is 7.22. The van der Waals surface area contributed by atoms with Gasteiger partial charge in [0, 0.05) is 37.6 Å². The number of anilines is 1. The summed E-state index contributed by atoms with van der Waals surface area (Å²) in [4.78, 5) is 10.9. The van der Waals surface area contributed by atoms with Gasteiger partial charge >= 0.3 is 0 Å². The Morgan fingerprint density at radius 1 is 1.26 bits per heavy atom. The number of hydrogen-bond donors (Lipinski definition) is 1. The van der Waals surface area contributed by atoms with Crippen LogP contribution >= 0.6 is 11.3 Å². The van der Waals surface area contributed by atoms with E-state index in [-0.39, 0.29) is 0 Å². The lowest BCUT2D eigenvalue weighted by molar-refractivity contribution is 0.312. The van der Waals surface area contributed by atoms with Crippen LogP contribution in [0.5, 0.6) is 0 Å². The number of aromatic nitrogens is 1. The molecule has 108 valence electrons. The zero-order valence-electron chi connectivity index (χ0n) is 12.4. The molecule has 0 aromatic carbocycles. The lowest BCUT2D eigenvalue weighted by Crippen LogP contribution is -2.44.